The number of nitrogens with zero attached hydrogens (tertiary/aromatic N) is 2. The molecule has 3 rings (SSSR count). The number of hydrogen-bond acceptors (Lipinski definition) is 4. The van der Waals surface area contributed by atoms with Crippen LogP contribution in [-0.4, -0.2) is 27.7 Å². The molecule has 0 bridgehead atoms. The van der Waals surface area contributed by atoms with Crippen LogP contribution in [0.15, 0.2) is 33.7 Å². The fraction of sp³-hybridized carbons (Fsp3) is 0.500. The van der Waals surface area contributed by atoms with Crippen LogP contribution in [0.3, 0.4) is 0 Å². The fourth-order valence-electron chi connectivity index (χ4n) is 3.19. The third-order valence-electron chi connectivity index (χ3n) is 4.74. The molecule has 1 aliphatic heterocycles. The van der Waals surface area contributed by atoms with Crippen molar-refractivity contribution in [1.29, 1.82) is 0 Å². The van der Waals surface area contributed by atoms with Gasteiger partial charge in [-0.25, -0.2) is 0 Å². The zero-order valence-electron chi connectivity index (χ0n) is 13.8. The maximum Gasteiger partial charge on any atom is 0.223 e. The van der Waals surface area contributed by atoms with Crippen molar-refractivity contribution in [3.05, 3.63) is 51.8 Å². The van der Waals surface area contributed by atoms with Crippen LogP contribution in [0.25, 0.3) is 0 Å². The Labute approximate surface area is 136 Å². The predicted molar refractivity (Wildman–Crippen MR) is 88.6 cm³/mol. The third-order valence-corrected chi connectivity index (χ3v) is 4.74. The van der Waals surface area contributed by atoms with Crippen molar-refractivity contribution < 1.29 is 9.52 Å². The molecule has 0 radical (unpaired) electrons. The zero-order chi connectivity index (χ0) is 16.4. The largest absolute Gasteiger partial charge is 0.503 e. The standard InChI is InChI=1S/C18H24N2O3/c1-13-5-7-19(8-6-13)12-16-18(22)17(21)10-14(2)20(16)11-15-4-3-9-23-15/h3-4,9-10,13,22H,5-8,11-12H2,1-2H3. The van der Waals surface area contributed by atoms with E-state index in [1.54, 1.807) is 6.26 Å². The molecular weight excluding hydrogens is 292 g/mol. The SMILES string of the molecule is Cc1cc(=O)c(O)c(CN2CCC(C)CC2)n1Cc1ccco1. The van der Waals surface area contributed by atoms with Crippen molar-refractivity contribution in [1.82, 2.24) is 9.47 Å². The van der Waals surface area contributed by atoms with Crippen LogP contribution >= 0.6 is 0 Å². The van der Waals surface area contributed by atoms with Crippen LogP contribution in [-0.2, 0) is 13.1 Å². The molecule has 0 aliphatic carbocycles. The van der Waals surface area contributed by atoms with E-state index in [1.807, 2.05) is 23.6 Å². The molecule has 5 heteroatoms. The van der Waals surface area contributed by atoms with Crippen molar-refractivity contribution in [3.8, 4) is 5.75 Å². The molecule has 1 fully saturated rings. The number of furan rings is 1. The molecule has 124 valence electrons. The molecule has 0 unspecified atom stereocenters. The Morgan fingerprint density at radius 3 is 2.70 bits per heavy atom. The number of aromatic hydroxyl groups is 1. The zero-order valence-corrected chi connectivity index (χ0v) is 13.8. The van der Waals surface area contributed by atoms with E-state index in [4.69, 9.17) is 4.42 Å². The van der Waals surface area contributed by atoms with Gasteiger partial charge < -0.3 is 14.1 Å². The van der Waals surface area contributed by atoms with E-state index in [0.29, 0.717) is 18.8 Å². The van der Waals surface area contributed by atoms with Gasteiger partial charge in [0.2, 0.25) is 5.43 Å². The maximum absolute atomic E-state index is 12.0. The lowest BCUT2D eigenvalue weighted by molar-refractivity contribution is 0.179. The minimum Gasteiger partial charge on any atom is -0.503 e. The first-order chi connectivity index (χ1) is 11.0. The molecule has 1 N–H and O–H groups in total. The van der Waals surface area contributed by atoms with Gasteiger partial charge in [-0.2, -0.15) is 0 Å². The highest BCUT2D eigenvalue weighted by atomic mass is 16.3. The molecule has 0 atom stereocenters. The van der Waals surface area contributed by atoms with E-state index in [9.17, 15) is 9.90 Å². The molecule has 0 saturated carbocycles. The van der Waals surface area contributed by atoms with Gasteiger partial charge in [0.25, 0.3) is 0 Å². The monoisotopic (exact) mass is 316 g/mol. The van der Waals surface area contributed by atoms with Gasteiger partial charge in [0, 0.05) is 18.3 Å². The Kier molecular flexibility index (Phi) is 4.57. The second-order valence-electron chi connectivity index (χ2n) is 6.57. The molecule has 0 aromatic carbocycles. The summed E-state index contributed by atoms with van der Waals surface area (Å²) >= 11 is 0. The van der Waals surface area contributed by atoms with Crippen molar-refractivity contribution >= 4 is 0 Å². The van der Waals surface area contributed by atoms with Gasteiger partial charge in [0.15, 0.2) is 5.75 Å². The number of pyridine rings is 1. The Balaban J connectivity index is 1.91. The summed E-state index contributed by atoms with van der Waals surface area (Å²) in [6.07, 6.45) is 3.96. The molecule has 0 amide bonds. The first-order valence-electron chi connectivity index (χ1n) is 8.21. The van der Waals surface area contributed by atoms with E-state index in [-0.39, 0.29) is 11.2 Å². The van der Waals surface area contributed by atoms with Crippen molar-refractivity contribution in [3.63, 3.8) is 0 Å². The summed E-state index contributed by atoms with van der Waals surface area (Å²) in [4.78, 5) is 14.3. The van der Waals surface area contributed by atoms with Crippen molar-refractivity contribution in [2.45, 2.75) is 39.8 Å². The van der Waals surface area contributed by atoms with E-state index in [1.165, 1.54) is 6.07 Å². The number of piperidine rings is 1. The van der Waals surface area contributed by atoms with Gasteiger partial charge in [-0.05, 0) is 50.9 Å². The Morgan fingerprint density at radius 1 is 1.30 bits per heavy atom. The molecule has 2 aromatic rings. The molecule has 1 saturated heterocycles. The van der Waals surface area contributed by atoms with Crippen molar-refractivity contribution in [2.24, 2.45) is 5.92 Å². The fourth-order valence-corrected chi connectivity index (χ4v) is 3.19. The van der Waals surface area contributed by atoms with E-state index in [2.05, 4.69) is 11.8 Å². The normalized spacial score (nSPS) is 16.8. The van der Waals surface area contributed by atoms with Crippen LogP contribution in [0.5, 0.6) is 5.75 Å². The number of hydrogen-bond donors (Lipinski definition) is 1. The molecule has 5 nitrogen and oxygen atoms in total. The van der Waals surface area contributed by atoms with E-state index < -0.39 is 0 Å². The smallest absolute Gasteiger partial charge is 0.223 e. The lowest BCUT2D eigenvalue weighted by atomic mass is 9.99. The van der Waals surface area contributed by atoms with E-state index >= 15 is 0 Å². The highest BCUT2D eigenvalue weighted by Crippen LogP contribution is 2.22. The lowest BCUT2D eigenvalue weighted by Gasteiger charge is -2.31. The van der Waals surface area contributed by atoms with Crippen molar-refractivity contribution in [2.75, 3.05) is 13.1 Å². The number of aryl methyl sites for hydroxylation is 1. The summed E-state index contributed by atoms with van der Waals surface area (Å²) in [5.41, 5.74) is 1.21. The van der Waals surface area contributed by atoms with Gasteiger partial charge in [-0.15, -0.1) is 0 Å². The summed E-state index contributed by atoms with van der Waals surface area (Å²) in [5.74, 6) is 1.42. The topological polar surface area (TPSA) is 58.6 Å². The summed E-state index contributed by atoms with van der Waals surface area (Å²) in [7, 11) is 0. The van der Waals surface area contributed by atoms with Gasteiger partial charge in [0.1, 0.15) is 5.76 Å². The van der Waals surface area contributed by atoms with Crippen LogP contribution in [0, 0.1) is 12.8 Å². The second-order valence-corrected chi connectivity index (χ2v) is 6.57. The molecule has 3 heterocycles. The summed E-state index contributed by atoms with van der Waals surface area (Å²) in [5, 5.41) is 10.3. The minimum atomic E-state index is -0.307. The van der Waals surface area contributed by atoms with Crippen LogP contribution in [0.1, 0.15) is 36.9 Å². The van der Waals surface area contributed by atoms with Crippen LogP contribution < -0.4 is 5.43 Å². The first kappa shape index (κ1) is 15.9. The lowest BCUT2D eigenvalue weighted by Crippen LogP contribution is -2.34. The van der Waals surface area contributed by atoms with Crippen LogP contribution in [0.2, 0.25) is 0 Å². The average molecular weight is 316 g/mol. The third kappa shape index (κ3) is 3.50. The predicted octanol–water partition coefficient (Wildman–Crippen LogP) is 2.74. The number of rotatable bonds is 4. The summed E-state index contributed by atoms with van der Waals surface area (Å²) in [6, 6.07) is 5.24. The first-order valence-corrected chi connectivity index (χ1v) is 8.21. The second kappa shape index (κ2) is 6.62. The summed E-state index contributed by atoms with van der Waals surface area (Å²) in [6.45, 7) is 7.29. The quantitative estimate of drug-likeness (QED) is 0.942. The number of aromatic nitrogens is 1. The Morgan fingerprint density at radius 2 is 2.04 bits per heavy atom. The van der Waals surface area contributed by atoms with Crippen LogP contribution in [0.4, 0.5) is 0 Å². The highest BCUT2D eigenvalue weighted by molar-refractivity contribution is 5.30. The molecule has 0 spiro atoms. The number of likely N-dealkylation sites (tertiary alicyclic amines) is 1. The van der Waals surface area contributed by atoms with E-state index in [0.717, 1.165) is 43.3 Å². The van der Waals surface area contributed by atoms with Gasteiger partial charge in [0.05, 0.1) is 18.5 Å². The average Bonchev–Trinajstić information content (AvgIpc) is 3.03. The summed E-state index contributed by atoms with van der Waals surface area (Å²) < 4.78 is 7.41. The molecular formula is C18H24N2O3. The minimum absolute atomic E-state index is 0.138. The highest BCUT2D eigenvalue weighted by Gasteiger charge is 2.20. The Hall–Kier alpha value is -2.01. The van der Waals surface area contributed by atoms with Gasteiger partial charge in [-0.3, -0.25) is 9.69 Å². The molecule has 23 heavy (non-hydrogen) atoms. The van der Waals surface area contributed by atoms with Gasteiger partial charge in [-0.1, -0.05) is 6.92 Å². The van der Waals surface area contributed by atoms with Gasteiger partial charge >= 0.3 is 0 Å². The molecule has 2 aromatic heterocycles. The Bertz CT molecular complexity index is 711. The molecule has 1 aliphatic rings. The maximum atomic E-state index is 12.0.